The summed E-state index contributed by atoms with van der Waals surface area (Å²) in [6, 6.07) is 14.0. The standard InChI is InChI=1S/C23H26N4O2/c28-23(24-15-18-9-6-14-29-18)22-12-5-13-26(22)16-20-19-10-4-11-21(19)27(25-20)17-7-2-1-3-8-17/h1-3,6-9,14,22H,4-5,10-13,15-16H2,(H,24,28). The number of benzene rings is 1. The molecule has 1 saturated heterocycles. The Morgan fingerprint density at radius 3 is 2.86 bits per heavy atom. The minimum absolute atomic E-state index is 0.0815. The molecule has 1 N–H and O–H groups in total. The largest absolute Gasteiger partial charge is 0.467 e. The van der Waals surface area contributed by atoms with Gasteiger partial charge in [0.25, 0.3) is 0 Å². The normalized spacial score (nSPS) is 18.8. The number of nitrogens with one attached hydrogen (secondary N) is 1. The first-order valence-electron chi connectivity index (χ1n) is 10.5. The van der Waals surface area contributed by atoms with Gasteiger partial charge in [0, 0.05) is 12.2 Å². The SMILES string of the molecule is O=C(NCc1ccco1)C1CCCN1Cc1nn(-c2ccccc2)c2c1CCC2. The van der Waals surface area contributed by atoms with Crippen molar-refractivity contribution in [3.05, 3.63) is 71.4 Å². The molecule has 2 aromatic heterocycles. The first kappa shape index (κ1) is 18.2. The van der Waals surface area contributed by atoms with Crippen molar-refractivity contribution < 1.29 is 9.21 Å². The van der Waals surface area contributed by atoms with E-state index in [2.05, 4.69) is 39.2 Å². The van der Waals surface area contributed by atoms with E-state index < -0.39 is 0 Å². The van der Waals surface area contributed by atoms with Crippen LogP contribution in [0.4, 0.5) is 0 Å². The predicted octanol–water partition coefficient (Wildman–Crippen LogP) is 3.23. The molecule has 0 saturated carbocycles. The topological polar surface area (TPSA) is 63.3 Å². The summed E-state index contributed by atoms with van der Waals surface area (Å²) in [5.41, 5.74) is 4.97. The number of furan rings is 1. The third-order valence-electron chi connectivity index (χ3n) is 6.05. The maximum Gasteiger partial charge on any atom is 0.237 e. The molecule has 1 aromatic carbocycles. The second-order valence-corrected chi connectivity index (χ2v) is 7.90. The first-order valence-corrected chi connectivity index (χ1v) is 10.5. The molecule has 1 atom stereocenters. The lowest BCUT2D eigenvalue weighted by molar-refractivity contribution is -0.125. The van der Waals surface area contributed by atoms with Crippen molar-refractivity contribution in [1.82, 2.24) is 20.0 Å². The molecule has 0 bridgehead atoms. The van der Waals surface area contributed by atoms with Gasteiger partial charge < -0.3 is 9.73 Å². The summed E-state index contributed by atoms with van der Waals surface area (Å²) < 4.78 is 7.43. The van der Waals surface area contributed by atoms with Crippen molar-refractivity contribution >= 4 is 5.91 Å². The van der Waals surface area contributed by atoms with E-state index in [0.29, 0.717) is 6.54 Å². The van der Waals surface area contributed by atoms with Crippen LogP contribution in [0.3, 0.4) is 0 Å². The molecule has 5 rings (SSSR count). The number of likely N-dealkylation sites (tertiary alicyclic amines) is 1. The molecular formula is C23H26N4O2. The Hall–Kier alpha value is -2.86. The van der Waals surface area contributed by atoms with Gasteiger partial charge >= 0.3 is 0 Å². The van der Waals surface area contributed by atoms with Crippen molar-refractivity contribution in [2.45, 2.75) is 51.2 Å². The molecule has 2 aliphatic rings. The molecule has 1 aliphatic carbocycles. The molecule has 6 heteroatoms. The maximum atomic E-state index is 12.8. The zero-order valence-electron chi connectivity index (χ0n) is 16.5. The lowest BCUT2D eigenvalue weighted by Gasteiger charge is -2.23. The van der Waals surface area contributed by atoms with Crippen molar-refractivity contribution in [3.8, 4) is 5.69 Å². The third-order valence-corrected chi connectivity index (χ3v) is 6.05. The summed E-state index contributed by atoms with van der Waals surface area (Å²) >= 11 is 0. The first-order chi connectivity index (χ1) is 14.3. The molecular weight excluding hydrogens is 364 g/mol. The second-order valence-electron chi connectivity index (χ2n) is 7.90. The third kappa shape index (κ3) is 3.60. The maximum absolute atomic E-state index is 12.8. The molecule has 150 valence electrons. The Morgan fingerprint density at radius 2 is 2.03 bits per heavy atom. The summed E-state index contributed by atoms with van der Waals surface area (Å²) in [7, 11) is 0. The van der Waals surface area contributed by atoms with Crippen LogP contribution >= 0.6 is 0 Å². The molecule has 3 aromatic rings. The van der Waals surface area contributed by atoms with Gasteiger partial charge in [0.05, 0.1) is 30.2 Å². The Balaban J connectivity index is 1.32. The zero-order chi connectivity index (χ0) is 19.6. The highest BCUT2D eigenvalue weighted by molar-refractivity contribution is 5.82. The van der Waals surface area contributed by atoms with Gasteiger partial charge in [-0.2, -0.15) is 5.10 Å². The molecule has 1 aliphatic heterocycles. The highest BCUT2D eigenvalue weighted by atomic mass is 16.3. The molecule has 1 fully saturated rings. The number of para-hydroxylation sites is 1. The van der Waals surface area contributed by atoms with Gasteiger partial charge in [-0.3, -0.25) is 9.69 Å². The molecule has 29 heavy (non-hydrogen) atoms. The van der Waals surface area contributed by atoms with Gasteiger partial charge in [-0.15, -0.1) is 0 Å². The van der Waals surface area contributed by atoms with Gasteiger partial charge in [-0.25, -0.2) is 4.68 Å². The van der Waals surface area contributed by atoms with Crippen LogP contribution in [0, 0.1) is 0 Å². The van der Waals surface area contributed by atoms with Gasteiger partial charge in [0.1, 0.15) is 5.76 Å². The molecule has 6 nitrogen and oxygen atoms in total. The van der Waals surface area contributed by atoms with Crippen LogP contribution in [0.2, 0.25) is 0 Å². The van der Waals surface area contributed by atoms with Crippen LogP contribution in [-0.2, 0) is 30.7 Å². The Bertz CT molecular complexity index is 978. The quantitative estimate of drug-likeness (QED) is 0.702. The average molecular weight is 390 g/mol. The monoisotopic (exact) mass is 390 g/mol. The number of hydrogen-bond acceptors (Lipinski definition) is 4. The summed E-state index contributed by atoms with van der Waals surface area (Å²) in [6.45, 7) is 2.11. The van der Waals surface area contributed by atoms with Gasteiger partial charge in [0.15, 0.2) is 0 Å². The average Bonchev–Trinajstić information content (AvgIpc) is 3.53. The smallest absolute Gasteiger partial charge is 0.237 e. The lowest BCUT2D eigenvalue weighted by Crippen LogP contribution is -2.42. The number of rotatable bonds is 6. The second kappa shape index (κ2) is 7.87. The van der Waals surface area contributed by atoms with E-state index in [1.165, 1.54) is 17.7 Å². The molecule has 0 spiro atoms. The number of hydrogen-bond donors (Lipinski definition) is 1. The number of carbonyl (C=O) groups is 1. The molecule has 3 heterocycles. The molecule has 1 unspecified atom stereocenters. The van der Waals surface area contributed by atoms with Crippen LogP contribution in [0.1, 0.15) is 42.0 Å². The Kier molecular flexibility index (Phi) is 4.94. The summed E-state index contributed by atoms with van der Waals surface area (Å²) in [4.78, 5) is 15.1. The predicted molar refractivity (Wildman–Crippen MR) is 110 cm³/mol. The lowest BCUT2D eigenvalue weighted by atomic mass is 10.1. The molecule has 1 amide bonds. The van der Waals surface area contributed by atoms with E-state index in [4.69, 9.17) is 9.52 Å². The Morgan fingerprint density at radius 1 is 1.14 bits per heavy atom. The van der Waals surface area contributed by atoms with E-state index in [1.54, 1.807) is 6.26 Å². The zero-order valence-corrected chi connectivity index (χ0v) is 16.5. The number of amides is 1. The van der Waals surface area contributed by atoms with Crippen LogP contribution < -0.4 is 5.32 Å². The van der Waals surface area contributed by atoms with E-state index in [-0.39, 0.29) is 11.9 Å². The minimum atomic E-state index is -0.0936. The van der Waals surface area contributed by atoms with Crippen molar-refractivity contribution in [1.29, 1.82) is 0 Å². The van der Waals surface area contributed by atoms with Crippen molar-refractivity contribution in [3.63, 3.8) is 0 Å². The summed E-state index contributed by atoms with van der Waals surface area (Å²) in [6.07, 6.45) is 6.91. The number of nitrogens with zero attached hydrogens (tertiary/aromatic N) is 3. The van der Waals surface area contributed by atoms with E-state index >= 15 is 0 Å². The highest BCUT2D eigenvalue weighted by Crippen LogP contribution is 2.30. The fraction of sp³-hybridized carbons (Fsp3) is 0.391. The van der Waals surface area contributed by atoms with Crippen LogP contribution in [0.25, 0.3) is 5.69 Å². The van der Waals surface area contributed by atoms with Gasteiger partial charge in [-0.1, -0.05) is 18.2 Å². The van der Waals surface area contributed by atoms with Crippen LogP contribution in [-0.4, -0.2) is 33.2 Å². The van der Waals surface area contributed by atoms with Crippen molar-refractivity contribution in [2.75, 3.05) is 6.54 Å². The van der Waals surface area contributed by atoms with E-state index in [9.17, 15) is 4.79 Å². The number of carbonyl (C=O) groups excluding carboxylic acids is 1. The summed E-state index contributed by atoms with van der Waals surface area (Å²) in [5.74, 6) is 0.861. The Labute approximate surface area is 170 Å². The van der Waals surface area contributed by atoms with Crippen LogP contribution in [0.5, 0.6) is 0 Å². The van der Waals surface area contributed by atoms with E-state index in [1.807, 2.05) is 18.2 Å². The fourth-order valence-electron chi connectivity index (χ4n) is 4.63. The van der Waals surface area contributed by atoms with E-state index in [0.717, 1.165) is 55.9 Å². The minimum Gasteiger partial charge on any atom is -0.467 e. The van der Waals surface area contributed by atoms with Gasteiger partial charge in [0.2, 0.25) is 5.91 Å². The van der Waals surface area contributed by atoms with Crippen molar-refractivity contribution in [2.24, 2.45) is 0 Å². The fourth-order valence-corrected chi connectivity index (χ4v) is 4.63. The number of aromatic nitrogens is 2. The summed E-state index contributed by atoms with van der Waals surface area (Å²) in [5, 5.41) is 8.00. The highest BCUT2D eigenvalue weighted by Gasteiger charge is 2.33. The van der Waals surface area contributed by atoms with Crippen LogP contribution in [0.15, 0.2) is 53.1 Å². The van der Waals surface area contributed by atoms with Gasteiger partial charge in [-0.05, 0) is 68.5 Å². The number of fused-ring (bicyclic) bond motifs is 1. The molecule has 0 radical (unpaired) electrons.